The number of allylic oxidation sites excluding steroid dienone is 2. The average Bonchev–Trinajstić information content (AvgIpc) is 1.81. The van der Waals surface area contributed by atoms with Crippen molar-refractivity contribution in [1.29, 1.82) is 0 Å². The number of hydrogen-bond acceptors (Lipinski definition) is 2. The third-order valence-electron chi connectivity index (χ3n) is 0.646. The largest absolute Gasteiger partial charge is 0.394 e. The Bertz CT molecular complexity index is 72.5. The molecule has 2 heteroatoms. The van der Waals surface area contributed by atoms with E-state index in [4.69, 9.17) is 5.73 Å². The molecule has 0 heterocycles. The van der Waals surface area contributed by atoms with Crippen molar-refractivity contribution in [3.63, 3.8) is 0 Å². The Kier molecular flexibility index (Phi) is 5.65. The van der Waals surface area contributed by atoms with Gasteiger partial charge in [-0.05, 0) is 12.3 Å². The number of rotatable bonds is 3. The van der Waals surface area contributed by atoms with Crippen LogP contribution in [0.1, 0.15) is 0 Å². The van der Waals surface area contributed by atoms with Crippen molar-refractivity contribution in [1.82, 2.24) is 5.32 Å². The van der Waals surface area contributed by atoms with Gasteiger partial charge in [0.1, 0.15) is 0 Å². The van der Waals surface area contributed by atoms with Crippen molar-refractivity contribution in [3.8, 4) is 0 Å². The van der Waals surface area contributed by atoms with Crippen LogP contribution >= 0.6 is 0 Å². The van der Waals surface area contributed by atoms with Crippen molar-refractivity contribution in [3.05, 3.63) is 24.4 Å². The molecule has 0 rings (SSSR count). The third-order valence-corrected chi connectivity index (χ3v) is 0.646. The minimum absolute atomic E-state index is 0.605. The summed E-state index contributed by atoms with van der Waals surface area (Å²) in [6, 6.07) is 0. The second-order valence-electron chi connectivity index (χ2n) is 1.31. The summed E-state index contributed by atoms with van der Waals surface area (Å²) >= 11 is 0. The molecular weight excluding hydrogens is 100 g/mol. The molecule has 0 amide bonds. The van der Waals surface area contributed by atoms with E-state index in [0.29, 0.717) is 6.54 Å². The van der Waals surface area contributed by atoms with Crippen molar-refractivity contribution < 1.29 is 0 Å². The van der Waals surface area contributed by atoms with Crippen molar-refractivity contribution >= 4 is 0 Å². The molecule has 0 radical (unpaired) electrons. The highest BCUT2D eigenvalue weighted by Gasteiger charge is 1.59. The molecule has 0 aromatic rings. The molecule has 0 aliphatic rings. The van der Waals surface area contributed by atoms with Gasteiger partial charge in [-0.3, -0.25) is 0 Å². The molecular formula is C6H12N2. The van der Waals surface area contributed by atoms with Gasteiger partial charge in [0.2, 0.25) is 0 Å². The van der Waals surface area contributed by atoms with Crippen LogP contribution < -0.4 is 11.1 Å². The Labute approximate surface area is 50.1 Å². The first kappa shape index (κ1) is 7.24. The quantitative estimate of drug-likeness (QED) is 0.513. The number of hydrogen-bond donors (Lipinski definition) is 2. The van der Waals surface area contributed by atoms with Crippen LogP contribution in [0, 0.1) is 0 Å². The Hall–Kier alpha value is -0.760. The van der Waals surface area contributed by atoms with E-state index in [9.17, 15) is 0 Å². The van der Waals surface area contributed by atoms with Crippen molar-refractivity contribution in [2.45, 2.75) is 0 Å². The Morgan fingerprint density at radius 2 is 2.25 bits per heavy atom. The maximum Gasteiger partial charge on any atom is 0.0109 e. The predicted octanol–water partition coefficient (Wildman–Crippen LogP) is 0.234. The summed E-state index contributed by atoms with van der Waals surface area (Å²) in [4.78, 5) is 0. The summed E-state index contributed by atoms with van der Waals surface area (Å²) < 4.78 is 0. The minimum atomic E-state index is 0.605. The first-order valence-corrected chi connectivity index (χ1v) is 2.61. The van der Waals surface area contributed by atoms with Gasteiger partial charge in [-0.2, -0.15) is 0 Å². The monoisotopic (exact) mass is 112 g/mol. The highest BCUT2D eigenvalue weighted by Crippen LogP contribution is 1.69. The van der Waals surface area contributed by atoms with Crippen LogP contribution in [-0.2, 0) is 0 Å². The van der Waals surface area contributed by atoms with Crippen LogP contribution in [-0.4, -0.2) is 13.6 Å². The summed E-state index contributed by atoms with van der Waals surface area (Å²) in [5.41, 5.74) is 5.17. The van der Waals surface area contributed by atoms with Crippen LogP contribution in [0.15, 0.2) is 24.4 Å². The van der Waals surface area contributed by atoms with Crippen LogP contribution in [0.25, 0.3) is 0 Å². The van der Waals surface area contributed by atoms with Gasteiger partial charge < -0.3 is 11.1 Å². The maximum absolute atomic E-state index is 5.17. The molecule has 2 nitrogen and oxygen atoms in total. The zero-order valence-electron chi connectivity index (χ0n) is 5.09. The fraction of sp³-hybridized carbons (Fsp3) is 0.333. The van der Waals surface area contributed by atoms with E-state index in [2.05, 4.69) is 5.32 Å². The van der Waals surface area contributed by atoms with Crippen LogP contribution in [0.2, 0.25) is 0 Å². The lowest BCUT2D eigenvalue weighted by Crippen LogP contribution is -1.92. The summed E-state index contributed by atoms with van der Waals surface area (Å²) in [6.45, 7) is 0.605. The summed E-state index contributed by atoms with van der Waals surface area (Å²) in [6.07, 6.45) is 7.52. The van der Waals surface area contributed by atoms with Crippen LogP contribution in [0.5, 0.6) is 0 Å². The van der Waals surface area contributed by atoms with E-state index in [-0.39, 0.29) is 0 Å². The van der Waals surface area contributed by atoms with Gasteiger partial charge in [-0.25, -0.2) is 0 Å². The molecule has 46 valence electrons. The second-order valence-corrected chi connectivity index (χ2v) is 1.31. The molecule has 0 aliphatic carbocycles. The van der Waals surface area contributed by atoms with E-state index in [1.807, 2.05) is 31.5 Å². The van der Waals surface area contributed by atoms with Crippen LogP contribution in [0.3, 0.4) is 0 Å². The van der Waals surface area contributed by atoms with Crippen molar-refractivity contribution in [2.24, 2.45) is 5.73 Å². The average molecular weight is 112 g/mol. The minimum Gasteiger partial charge on any atom is -0.394 e. The smallest absolute Gasteiger partial charge is 0.0109 e. The summed E-state index contributed by atoms with van der Waals surface area (Å²) in [5.74, 6) is 0. The lowest BCUT2D eigenvalue weighted by Gasteiger charge is -1.79. The molecule has 0 saturated heterocycles. The van der Waals surface area contributed by atoms with Gasteiger partial charge >= 0.3 is 0 Å². The van der Waals surface area contributed by atoms with E-state index in [1.54, 1.807) is 0 Å². The fourth-order valence-corrected chi connectivity index (χ4v) is 0.309. The highest BCUT2D eigenvalue weighted by molar-refractivity contribution is 5.01. The molecule has 0 atom stereocenters. The molecule has 0 aromatic carbocycles. The Morgan fingerprint density at radius 1 is 1.50 bits per heavy atom. The van der Waals surface area contributed by atoms with E-state index in [1.165, 1.54) is 0 Å². The molecule has 0 aliphatic heterocycles. The zero-order chi connectivity index (χ0) is 6.24. The zero-order valence-corrected chi connectivity index (χ0v) is 5.09. The first-order valence-electron chi connectivity index (χ1n) is 2.61. The standard InChI is InChI=1S/C6H12N2/c1-8-6-4-2-3-5-7/h2-4,6,8H,5,7H2,1H3/b3-2-,6-4-. The van der Waals surface area contributed by atoms with Gasteiger partial charge in [0.25, 0.3) is 0 Å². The number of nitrogens with one attached hydrogen (secondary N) is 1. The van der Waals surface area contributed by atoms with E-state index in [0.717, 1.165) is 0 Å². The van der Waals surface area contributed by atoms with Crippen LogP contribution in [0.4, 0.5) is 0 Å². The molecule has 0 aromatic heterocycles. The molecule has 0 unspecified atom stereocenters. The van der Waals surface area contributed by atoms with Gasteiger partial charge in [-0.1, -0.05) is 12.2 Å². The van der Waals surface area contributed by atoms with Crippen molar-refractivity contribution in [2.75, 3.05) is 13.6 Å². The van der Waals surface area contributed by atoms with Gasteiger partial charge in [0, 0.05) is 13.6 Å². The molecule has 0 fully saturated rings. The second kappa shape index (κ2) is 6.24. The number of nitrogens with two attached hydrogens (primary N) is 1. The summed E-state index contributed by atoms with van der Waals surface area (Å²) in [5, 5.41) is 2.85. The Morgan fingerprint density at radius 3 is 2.75 bits per heavy atom. The Balaban J connectivity index is 3.13. The summed E-state index contributed by atoms with van der Waals surface area (Å²) in [7, 11) is 1.85. The maximum atomic E-state index is 5.17. The van der Waals surface area contributed by atoms with Gasteiger partial charge in [0.05, 0.1) is 0 Å². The molecule has 3 N–H and O–H groups in total. The molecule has 8 heavy (non-hydrogen) atoms. The lowest BCUT2D eigenvalue weighted by molar-refractivity contribution is 1.10. The van der Waals surface area contributed by atoms with E-state index >= 15 is 0 Å². The molecule has 0 bridgehead atoms. The topological polar surface area (TPSA) is 38.0 Å². The highest BCUT2D eigenvalue weighted by atomic mass is 14.8. The normalized spacial score (nSPS) is 11.2. The molecule has 0 saturated carbocycles. The van der Waals surface area contributed by atoms with Gasteiger partial charge in [0.15, 0.2) is 0 Å². The SMILES string of the molecule is CN/C=C\C=C/CN. The van der Waals surface area contributed by atoms with E-state index < -0.39 is 0 Å². The third kappa shape index (κ3) is 5.24. The van der Waals surface area contributed by atoms with Gasteiger partial charge in [-0.15, -0.1) is 0 Å². The first-order chi connectivity index (χ1) is 3.91. The predicted molar refractivity (Wildman–Crippen MR) is 36.4 cm³/mol. The fourth-order valence-electron chi connectivity index (χ4n) is 0.309. The molecule has 0 spiro atoms. The lowest BCUT2D eigenvalue weighted by atomic mass is 10.5.